The molecule has 1 heterocycles. The van der Waals surface area contributed by atoms with E-state index in [4.69, 9.17) is 9.47 Å². The van der Waals surface area contributed by atoms with Crippen LogP contribution in [0.5, 0.6) is 0 Å². The van der Waals surface area contributed by atoms with Crippen molar-refractivity contribution in [2.45, 2.75) is 70.7 Å². The van der Waals surface area contributed by atoms with E-state index in [1.54, 1.807) is 0 Å². The Morgan fingerprint density at radius 1 is 1.53 bits per heavy atom. The summed E-state index contributed by atoms with van der Waals surface area (Å²) in [5.41, 5.74) is 0. The fourth-order valence-corrected chi connectivity index (χ4v) is 1.97. The van der Waals surface area contributed by atoms with Gasteiger partial charge in [0.1, 0.15) is 0 Å². The van der Waals surface area contributed by atoms with Crippen LogP contribution in [-0.2, 0) is 14.3 Å². The molecular weight excluding hydrogens is 220 g/mol. The molecule has 3 unspecified atom stereocenters. The molecule has 0 amide bonds. The Morgan fingerprint density at radius 2 is 2.29 bits per heavy atom. The molecule has 4 nitrogen and oxygen atoms in total. The molecule has 0 spiro atoms. The predicted molar refractivity (Wildman–Crippen MR) is 64.7 cm³/mol. The van der Waals surface area contributed by atoms with Gasteiger partial charge < -0.3 is 14.6 Å². The summed E-state index contributed by atoms with van der Waals surface area (Å²) in [6.45, 7) is 4.55. The summed E-state index contributed by atoms with van der Waals surface area (Å²) >= 11 is 0. The van der Waals surface area contributed by atoms with Gasteiger partial charge >= 0.3 is 5.97 Å². The Kier molecular flexibility index (Phi) is 6.52. The number of carbonyl (C=O) groups excluding carboxylic acids is 1. The molecule has 1 rings (SSSR count). The van der Waals surface area contributed by atoms with Gasteiger partial charge in [0.15, 0.2) is 0 Å². The molecule has 100 valence electrons. The average Bonchev–Trinajstić information content (AvgIpc) is 2.73. The summed E-state index contributed by atoms with van der Waals surface area (Å²) in [7, 11) is 0. The minimum Gasteiger partial charge on any atom is -0.466 e. The first kappa shape index (κ1) is 14.5. The molecule has 0 aromatic rings. The van der Waals surface area contributed by atoms with Gasteiger partial charge in [-0.2, -0.15) is 0 Å². The van der Waals surface area contributed by atoms with Crippen LogP contribution in [0.1, 0.15) is 52.4 Å². The molecule has 0 aromatic heterocycles. The highest BCUT2D eigenvalue weighted by molar-refractivity contribution is 5.69. The van der Waals surface area contributed by atoms with Crippen LogP contribution >= 0.6 is 0 Å². The van der Waals surface area contributed by atoms with Gasteiger partial charge in [0.05, 0.1) is 24.9 Å². The maximum atomic E-state index is 11.3. The zero-order valence-electron chi connectivity index (χ0n) is 10.9. The normalized spacial score (nSPS) is 25.8. The second-order valence-electron chi connectivity index (χ2n) is 4.74. The minimum atomic E-state index is -0.543. The van der Waals surface area contributed by atoms with E-state index in [1.165, 1.54) is 0 Å². The Labute approximate surface area is 103 Å². The summed E-state index contributed by atoms with van der Waals surface area (Å²) in [5.74, 6) is -0.219. The lowest BCUT2D eigenvalue weighted by Gasteiger charge is -2.17. The summed E-state index contributed by atoms with van der Waals surface area (Å²) in [4.78, 5) is 11.3. The van der Waals surface area contributed by atoms with Crippen molar-refractivity contribution >= 4 is 5.97 Å². The maximum Gasteiger partial charge on any atom is 0.305 e. The highest BCUT2D eigenvalue weighted by Crippen LogP contribution is 2.23. The number of esters is 1. The van der Waals surface area contributed by atoms with E-state index in [1.807, 2.05) is 6.92 Å². The number of hydrogen-bond acceptors (Lipinski definition) is 4. The molecule has 1 saturated heterocycles. The molecule has 17 heavy (non-hydrogen) atoms. The number of unbranched alkanes of at least 4 members (excludes halogenated alkanes) is 1. The molecule has 0 bridgehead atoms. The third-order valence-corrected chi connectivity index (χ3v) is 3.10. The van der Waals surface area contributed by atoms with E-state index in [9.17, 15) is 9.90 Å². The summed E-state index contributed by atoms with van der Waals surface area (Å²) < 4.78 is 10.6. The number of carbonyl (C=O) groups is 1. The van der Waals surface area contributed by atoms with E-state index in [-0.39, 0.29) is 24.6 Å². The summed E-state index contributed by atoms with van der Waals surface area (Å²) in [5, 5.41) is 9.85. The number of aliphatic hydroxyl groups excluding tert-OH is 1. The Bertz CT molecular complexity index is 229. The van der Waals surface area contributed by atoms with Gasteiger partial charge in [0, 0.05) is 6.42 Å². The lowest BCUT2D eigenvalue weighted by molar-refractivity contribution is -0.144. The molecule has 1 aliphatic heterocycles. The lowest BCUT2D eigenvalue weighted by atomic mass is 10.1. The molecule has 1 aliphatic rings. The van der Waals surface area contributed by atoms with Gasteiger partial charge in [-0.3, -0.25) is 4.79 Å². The van der Waals surface area contributed by atoms with E-state index < -0.39 is 6.10 Å². The van der Waals surface area contributed by atoms with Crippen molar-refractivity contribution in [2.24, 2.45) is 0 Å². The van der Waals surface area contributed by atoms with Crippen molar-refractivity contribution in [3.05, 3.63) is 0 Å². The first-order chi connectivity index (χ1) is 8.13. The molecule has 0 aliphatic carbocycles. The zero-order chi connectivity index (χ0) is 12.7. The van der Waals surface area contributed by atoms with E-state index in [0.29, 0.717) is 13.0 Å². The van der Waals surface area contributed by atoms with Crippen molar-refractivity contribution in [3.63, 3.8) is 0 Å². The van der Waals surface area contributed by atoms with Crippen LogP contribution in [0, 0.1) is 0 Å². The van der Waals surface area contributed by atoms with Crippen molar-refractivity contribution in [2.75, 3.05) is 6.61 Å². The van der Waals surface area contributed by atoms with Gasteiger partial charge in [0.25, 0.3) is 0 Å². The average molecular weight is 244 g/mol. The summed E-state index contributed by atoms with van der Waals surface area (Å²) in [6.07, 6.45) is 4.08. The quantitative estimate of drug-likeness (QED) is 0.550. The topological polar surface area (TPSA) is 55.8 Å². The molecule has 3 atom stereocenters. The Morgan fingerprint density at radius 3 is 2.88 bits per heavy atom. The van der Waals surface area contributed by atoms with Crippen LogP contribution < -0.4 is 0 Å². The van der Waals surface area contributed by atoms with Gasteiger partial charge in [-0.25, -0.2) is 0 Å². The molecule has 0 saturated carbocycles. The predicted octanol–water partition coefficient (Wildman–Crippen LogP) is 2.04. The van der Waals surface area contributed by atoms with Gasteiger partial charge in [0.2, 0.25) is 0 Å². The second-order valence-corrected chi connectivity index (χ2v) is 4.74. The van der Waals surface area contributed by atoms with Crippen molar-refractivity contribution in [1.29, 1.82) is 0 Å². The molecule has 4 heteroatoms. The standard InChI is InChI=1S/C13H24O4/c1-3-4-9-16-13(15)8-6-11(14)12-7-5-10(2)17-12/h10-12,14H,3-9H2,1-2H3. The van der Waals surface area contributed by atoms with Gasteiger partial charge in [-0.05, 0) is 32.6 Å². The minimum absolute atomic E-state index is 0.103. The monoisotopic (exact) mass is 244 g/mol. The molecular formula is C13H24O4. The third kappa shape index (κ3) is 5.50. The van der Waals surface area contributed by atoms with Crippen LogP contribution in [0.3, 0.4) is 0 Å². The fraction of sp³-hybridized carbons (Fsp3) is 0.923. The molecule has 1 N–H and O–H groups in total. The van der Waals surface area contributed by atoms with Crippen molar-refractivity contribution in [3.8, 4) is 0 Å². The largest absolute Gasteiger partial charge is 0.466 e. The third-order valence-electron chi connectivity index (χ3n) is 3.10. The SMILES string of the molecule is CCCCOC(=O)CCC(O)C1CCC(C)O1. The zero-order valence-corrected chi connectivity index (χ0v) is 10.9. The molecule has 0 radical (unpaired) electrons. The van der Waals surface area contributed by atoms with E-state index >= 15 is 0 Å². The highest BCUT2D eigenvalue weighted by Gasteiger charge is 2.28. The van der Waals surface area contributed by atoms with Crippen molar-refractivity contribution in [1.82, 2.24) is 0 Å². The first-order valence-corrected chi connectivity index (χ1v) is 6.62. The molecule has 0 aromatic carbocycles. The number of ether oxygens (including phenoxy) is 2. The second kappa shape index (κ2) is 7.67. The number of hydrogen-bond donors (Lipinski definition) is 1. The van der Waals surface area contributed by atoms with Crippen LogP contribution in [0.25, 0.3) is 0 Å². The van der Waals surface area contributed by atoms with Crippen LogP contribution in [-0.4, -0.2) is 36.0 Å². The molecule has 1 fully saturated rings. The van der Waals surface area contributed by atoms with Crippen LogP contribution in [0.15, 0.2) is 0 Å². The number of aliphatic hydroxyl groups is 1. The van der Waals surface area contributed by atoms with Crippen LogP contribution in [0.4, 0.5) is 0 Å². The highest BCUT2D eigenvalue weighted by atomic mass is 16.5. The van der Waals surface area contributed by atoms with Crippen LogP contribution in [0.2, 0.25) is 0 Å². The van der Waals surface area contributed by atoms with Gasteiger partial charge in [-0.15, -0.1) is 0 Å². The maximum absolute atomic E-state index is 11.3. The Hall–Kier alpha value is -0.610. The first-order valence-electron chi connectivity index (χ1n) is 6.62. The fourth-order valence-electron chi connectivity index (χ4n) is 1.97. The lowest BCUT2D eigenvalue weighted by Crippen LogP contribution is -2.27. The van der Waals surface area contributed by atoms with Gasteiger partial charge in [-0.1, -0.05) is 13.3 Å². The van der Waals surface area contributed by atoms with E-state index in [0.717, 1.165) is 25.7 Å². The van der Waals surface area contributed by atoms with Crippen molar-refractivity contribution < 1.29 is 19.4 Å². The Balaban J connectivity index is 2.10. The van der Waals surface area contributed by atoms with E-state index in [2.05, 4.69) is 6.92 Å². The smallest absolute Gasteiger partial charge is 0.305 e. The summed E-state index contributed by atoms with van der Waals surface area (Å²) in [6, 6.07) is 0. The number of rotatable bonds is 7.